The summed E-state index contributed by atoms with van der Waals surface area (Å²) in [4.78, 5) is 50.1. The predicted molar refractivity (Wildman–Crippen MR) is 562 cm³/mol. The van der Waals surface area contributed by atoms with E-state index in [2.05, 4.69) is 227 Å². The number of allylic oxidation sites excluding steroid dienone is 4. The van der Waals surface area contributed by atoms with E-state index in [-0.39, 0.29) is 115 Å². The Morgan fingerprint density at radius 1 is 0.340 bits per heavy atom. The summed E-state index contributed by atoms with van der Waals surface area (Å²) >= 11 is 0. The Bertz CT molecular complexity index is 6620. The molecule has 28 rings (SSSR count). The fourth-order valence-electron chi connectivity index (χ4n) is 22.0. The first kappa shape index (κ1) is 107. The maximum Gasteiger partial charge on any atom is 0.162 e. The third-order valence-corrected chi connectivity index (χ3v) is 29.0. The molecule has 0 saturated heterocycles. The van der Waals surface area contributed by atoms with Crippen molar-refractivity contribution in [1.29, 1.82) is 0 Å². The summed E-state index contributed by atoms with van der Waals surface area (Å²) in [7, 11) is 0. The zero-order chi connectivity index (χ0) is 95.5. The van der Waals surface area contributed by atoms with Gasteiger partial charge in [0.25, 0.3) is 0 Å². The van der Waals surface area contributed by atoms with Crippen LogP contribution in [-0.2, 0) is 116 Å². The van der Waals surface area contributed by atoms with Crippen LogP contribution in [0.1, 0.15) is 226 Å². The average Bonchev–Trinajstić information content (AvgIpc) is 0.754. The summed E-state index contributed by atoms with van der Waals surface area (Å²) in [6.45, 7) is 25.6. The Hall–Kier alpha value is -10.8. The second-order valence-electron chi connectivity index (χ2n) is 39.4. The van der Waals surface area contributed by atoms with Crippen LogP contribution < -0.4 is 0 Å². The zero-order valence-corrected chi connectivity index (χ0v) is 92.7. The molecule has 0 aliphatic heterocycles. The van der Waals surface area contributed by atoms with Crippen LogP contribution >= 0.6 is 0 Å². The van der Waals surface area contributed by atoms with Gasteiger partial charge in [0, 0.05) is 138 Å². The molecule has 4 radical (unpaired) electrons. The number of fused-ring (bicyclic) bond motifs is 4. The summed E-state index contributed by atoms with van der Waals surface area (Å²) in [5.41, 5.74) is 38.1. The topological polar surface area (TPSA) is 152 Å². The molecule has 0 unspecified atom stereocenters. The first-order valence-electron chi connectivity index (χ1n) is 49.8. The molecule has 0 spiro atoms. The molecule has 4 fully saturated rings. The molecule has 10 aromatic carbocycles. The van der Waals surface area contributed by atoms with Gasteiger partial charge in [0.05, 0.1) is 33.6 Å². The van der Waals surface area contributed by atoms with Crippen molar-refractivity contribution in [3.63, 3.8) is 0 Å². The van der Waals surface area contributed by atoms with E-state index in [9.17, 15) is 14.7 Å². The molecule has 0 atom stereocenters. The minimum Gasteiger partial charge on any atom is -0.512 e. The number of pyridine rings is 6. The van der Waals surface area contributed by atoms with Crippen molar-refractivity contribution < 1.29 is 100 Å². The number of ketones is 2. The Morgan fingerprint density at radius 2 is 0.652 bits per heavy atom. The van der Waals surface area contributed by atoms with E-state index in [0.717, 1.165) is 168 Å². The number of benzene rings is 10. The molecule has 14 heteroatoms. The monoisotopic (exact) mass is 2570 g/mol. The van der Waals surface area contributed by atoms with E-state index in [1.54, 1.807) is 50.7 Å². The van der Waals surface area contributed by atoms with Crippen molar-refractivity contribution in [2.45, 2.75) is 216 Å². The van der Waals surface area contributed by atoms with Crippen molar-refractivity contribution in [1.82, 2.24) is 29.9 Å². The van der Waals surface area contributed by atoms with Crippen LogP contribution in [-0.4, -0.2) is 51.7 Å². The summed E-state index contributed by atoms with van der Waals surface area (Å²) in [6, 6.07) is 104. The van der Waals surface area contributed by atoms with Crippen molar-refractivity contribution in [2.24, 2.45) is 35.5 Å². The minimum atomic E-state index is -0.125. The largest absolute Gasteiger partial charge is 0.512 e. The van der Waals surface area contributed by atoms with Crippen molar-refractivity contribution in [2.75, 3.05) is 0 Å². The second-order valence-corrected chi connectivity index (χ2v) is 39.4. The molecular weight excluding hydrogens is 2440 g/mol. The quantitative estimate of drug-likeness (QED) is 0.0611. The van der Waals surface area contributed by atoms with E-state index in [1.807, 2.05) is 138 Å². The van der Waals surface area contributed by atoms with E-state index in [0.29, 0.717) is 0 Å². The molecule has 6 heterocycles. The van der Waals surface area contributed by atoms with Crippen LogP contribution in [0.3, 0.4) is 0 Å². The number of nitrogens with zero attached hydrogens (tertiary/aromatic N) is 6. The molecule has 141 heavy (non-hydrogen) atoms. The second kappa shape index (κ2) is 49.4. The molecule has 16 aromatic rings. The van der Waals surface area contributed by atoms with Gasteiger partial charge in [-0.2, -0.15) is 0 Å². The number of aromatic nitrogens is 6. The van der Waals surface area contributed by atoms with Crippen molar-refractivity contribution in [3.05, 3.63) is 393 Å². The number of rotatable bonds is 14. The minimum absolute atomic E-state index is 0. The summed E-state index contributed by atoms with van der Waals surface area (Å²) in [5.74, 6) is 7.46. The van der Waals surface area contributed by atoms with Gasteiger partial charge in [-0.3, -0.25) is 29.5 Å². The Morgan fingerprint density at radius 3 is 0.929 bits per heavy atom. The zero-order valence-electron chi connectivity index (χ0n) is 83.1. The number of carbonyl (C=O) groups is 2. The van der Waals surface area contributed by atoms with Crippen LogP contribution in [0.2, 0.25) is 0 Å². The molecular formula is C127H126Ir4N6O4-6. The number of aliphatic hydroxyl groups is 2. The van der Waals surface area contributed by atoms with Gasteiger partial charge in [-0.1, -0.05) is 166 Å². The Balaban J connectivity index is 0.000000138. The average molecular weight is 2570 g/mol. The number of hydrogen-bond acceptors (Lipinski definition) is 10. The van der Waals surface area contributed by atoms with Gasteiger partial charge in [0.1, 0.15) is 0 Å². The van der Waals surface area contributed by atoms with Crippen molar-refractivity contribution >= 4 is 55.2 Å². The van der Waals surface area contributed by atoms with E-state index in [1.165, 1.54) is 158 Å². The van der Waals surface area contributed by atoms with Gasteiger partial charge < -0.3 is 20.2 Å². The summed E-state index contributed by atoms with van der Waals surface area (Å²) in [6.07, 6.45) is 24.1. The Kier molecular flexibility index (Phi) is 37.7. The molecule has 2 N–H and O–H groups in total. The van der Waals surface area contributed by atoms with Gasteiger partial charge in [0.2, 0.25) is 0 Å². The number of carbonyl (C=O) groups excluding carboxylic acids is 2. The molecule has 0 amide bonds. The molecule has 12 aliphatic carbocycles. The number of aliphatic hydroxyl groups excluding tert-OH is 2. The first-order chi connectivity index (χ1) is 66.4. The predicted octanol–water partition coefficient (Wildman–Crippen LogP) is 31.2. The van der Waals surface area contributed by atoms with E-state index >= 15 is 0 Å². The fraction of sp³-hybridized carbons (Fsp3) is 0.307. The SMILES string of the molecule is CC(=O)C=C(C)O.CCC(CC)C(=O)C=C(O)C(CC)CC.Cc1[c-]c(-c2ccc3c4c(ccc3n2)C2CC(C4)C2)cc(C)c1.Cc1[c-]c(-c2ccc3c4c(ccc3n2)C2CC(C4)C2)cc(C)c1.Cc1[c-]c(-c2ccc3c4c(ccc3n2)C2CC(C4)C2)cc(C)c1.Cc1cccc(-c2[c-]cccc2)n1.[Ir].[Ir].[Ir].[Ir].[c-]1ccccc1-c1ccc2c3c(ccc2n1)C1CC(C3)C1.[c-]1ccccc1-c1ccccn1. The maximum absolute atomic E-state index is 11.7. The number of aryl methyl sites for hydroxylation is 7. The molecule has 8 bridgehead atoms. The molecule has 10 nitrogen and oxygen atoms in total. The smallest absolute Gasteiger partial charge is 0.162 e. The van der Waals surface area contributed by atoms with Gasteiger partial charge >= 0.3 is 0 Å². The fourth-order valence-corrected chi connectivity index (χ4v) is 22.0. The molecule has 730 valence electrons. The van der Waals surface area contributed by atoms with Crippen molar-refractivity contribution in [3.8, 4) is 67.5 Å². The molecule has 12 aliphatic rings. The summed E-state index contributed by atoms with van der Waals surface area (Å²) in [5, 5.41) is 23.6. The van der Waals surface area contributed by atoms with Crippen LogP contribution in [0.4, 0.5) is 0 Å². The molecule has 4 saturated carbocycles. The van der Waals surface area contributed by atoms with Gasteiger partial charge in [0.15, 0.2) is 11.6 Å². The Labute approximate surface area is 889 Å². The number of hydrogen-bond donors (Lipinski definition) is 2. The molecule has 6 aromatic heterocycles. The normalized spacial score (nSPS) is 17.7. The van der Waals surface area contributed by atoms with Gasteiger partial charge in [-0.15, -0.1) is 212 Å². The third kappa shape index (κ3) is 26.0. The summed E-state index contributed by atoms with van der Waals surface area (Å²) < 4.78 is 0. The van der Waals surface area contributed by atoms with E-state index in [4.69, 9.17) is 25.0 Å². The van der Waals surface area contributed by atoms with Crippen LogP contribution in [0.5, 0.6) is 0 Å². The van der Waals surface area contributed by atoms with Crippen LogP contribution in [0, 0.1) is 120 Å². The van der Waals surface area contributed by atoms with E-state index < -0.39 is 0 Å². The first-order valence-corrected chi connectivity index (χ1v) is 49.8. The maximum atomic E-state index is 11.7. The van der Waals surface area contributed by atoms with Gasteiger partial charge in [-0.25, -0.2) is 0 Å². The standard InChI is InChI=1S/3C22H20N.C20H16N.C13H24O2.C12H10N.C11H8N.C5H8O2.4Ir/c3*1-13-7-14(2)9-17(8-13)21-5-4-19-20-12-15-10-16(11-15)18(20)3-6-22(19)23-21;1-2-4-14(5-3-1)19-8-7-17-18-12-13-10-15(11-13)16(18)6-9-20(17)21-19;1-5-10(6-2)12(14)9-13(15)11(7-3)8-4;1-10-6-5-9-12(13-10)11-7-3-2-4-8-11;1-2-6-10(7-3-1)11-8-4-5-9-12-11;1-4(6)3-5(2)7;;;;/h3*3-8,15-16H,10-12H2,1-2H3;1-4,6-9,13,15H,10-12H2;9-11,14H,5-8H2,1-4H3;2-7,9H,1H3;1-6,8-9H;3,6H,1-2H3;;;;/q4*-1;;2*-1;;;;;. The van der Waals surface area contributed by atoms with Gasteiger partial charge in [-0.05, 0) is 286 Å². The van der Waals surface area contributed by atoms with Crippen LogP contribution in [0.25, 0.3) is 111 Å². The van der Waals surface area contributed by atoms with Crippen LogP contribution in [0.15, 0.2) is 273 Å². The third-order valence-electron chi connectivity index (χ3n) is 29.0.